The first-order valence-electron chi connectivity index (χ1n) is 6.34. The molecule has 1 spiro atoms. The minimum absolute atomic E-state index is 0.00761. The predicted molar refractivity (Wildman–Crippen MR) is 75.8 cm³/mol. The van der Waals surface area contributed by atoms with Gasteiger partial charge in [0.25, 0.3) is 0 Å². The third kappa shape index (κ3) is 2.12. The Morgan fingerprint density at radius 3 is 2.71 bits per heavy atom. The molecule has 0 amide bonds. The van der Waals surface area contributed by atoms with Crippen LogP contribution in [0.3, 0.4) is 0 Å². The summed E-state index contributed by atoms with van der Waals surface area (Å²) in [6.45, 7) is 0. The zero-order valence-electron chi connectivity index (χ0n) is 10.7. The Morgan fingerprint density at radius 1 is 1.29 bits per heavy atom. The first-order valence-corrected chi connectivity index (χ1v) is 7.09. The molecular formula is C14H12Cl2O5. The molecule has 7 heteroatoms. The molecule has 0 fully saturated rings. The number of ketones is 1. The van der Waals surface area contributed by atoms with Crippen LogP contribution in [0.4, 0.5) is 0 Å². The third-order valence-electron chi connectivity index (χ3n) is 3.87. The van der Waals surface area contributed by atoms with Gasteiger partial charge >= 0.3 is 0 Å². The molecule has 3 N–H and O–H groups in total. The molecular weight excluding hydrogens is 319 g/mol. The van der Waals surface area contributed by atoms with Crippen molar-refractivity contribution >= 4 is 29.0 Å². The summed E-state index contributed by atoms with van der Waals surface area (Å²) in [5.41, 5.74) is -1.02. The fourth-order valence-corrected chi connectivity index (χ4v) is 3.35. The molecule has 2 aliphatic rings. The Hall–Kier alpha value is -1.27. The van der Waals surface area contributed by atoms with Gasteiger partial charge < -0.3 is 20.1 Å². The van der Waals surface area contributed by atoms with E-state index in [0.29, 0.717) is 12.0 Å². The lowest BCUT2D eigenvalue weighted by atomic mass is 9.77. The molecule has 3 atom stereocenters. The molecule has 1 aromatic rings. The van der Waals surface area contributed by atoms with Crippen LogP contribution in [0.2, 0.25) is 5.02 Å². The molecule has 21 heavy (non-hydrogen) atoms. The van der Waals surface area contributed by atoms with Crippen LogP contribution in [0, 0.1) is 0 Å². The van der Waals surface area contributed by atoms with Crippen molar-refractivity contribution in [3.8, 4) is 11.5 Å². The first kappa shape index (κ1) is 14.7. The standard InChI is InChI=1S/C14H12Cl2O5/c15-8-4-7(17)3-6-1-2-14(21-11(6)8)12(19)9(16)5-10(18)13(14)20/h3-5,10,13,17-18,20H,1-2H2/t10-,13+,14-/m0/s1. The zero-order valence-corrected chi connectivity index (χ0v) is 12.2. The minimum Gasteiger partial charge on any atom is -0.508 e. The molecule has 1 heterocycles. The molecule has 0 saturated carbocycles. The fraction of sp³-hybridized carbons (Fsp3) is 0.357. The lowest BCUT2D eigenvalue weighted by Crippen LogP contribution is -2.62. The largest absolute Gasteiger partial charge is 0.508 e. The van der Waals surface area contributed by atoms with Crippen molar-refractivity contribution in [3.63, 3.8) is 0 Å². The van der Waals surface area contributed by atoms with Gasteiger partial charge in [-0.2, -0.15) is 0 Å². The van der Waals surface area contributed by atoms with Gasteiger partial charge in [0.15, 0.2) is 0 Å². The summed E-state index contributed by atoms with van der Waals surface area (Å²) in [4.78, 5) is 12.4. The van der Waals surface area contributed by atoms with Crippen LogP contribution in [0.15, 0.2) is 23.2 Å². The van der Waals surface area contributed by atoms with E-state index in [0.717, 1.165) is 6.08 Å². The Morgan fingerprint density at radius 2 is 2.00 bits per heavy atom. The first-order chi connectivity index (χ1) is 9.85. The van der Waals surface area contributed by atoms with Gasteiger partial charge in [0.1, 0.15) is 23.7 Å². The maximum absolute atomic E-state index is 12.4. The number of phenols is 1. The van der Waals surface area contributed by atoms with E-state index in [1.165, 1.54) is 12.1 Å². The summed E-state index contributed by atoms with van der Waals surface area (Å²) in [5.74, 6) is -0.379. The number of carbonyl (C=O) groups is 1. The summed E-state index contributed by atoms with van der Waals surface area (Å²) < 4.78 is 5.68. The second-order valence-corrected chi connectivity index (χ2v) is 6.00. The number of hydrogen-bond donors (Lipinski definition) is 3. The predicted octanol–water partition coefficient (Wildman–Crippen LogP) is 1.54. The SMILES string of the molecule is O=C1C(Cl)=C[C@H](O)[C@@H](O)[C@]12CCc1cc(O)cc(Cl)c1O2. The van der Waals surface area contributed by atoms with Gasteiger partial charge in [-0.05, 0) is 24.1 Å². The van der Waals surface area contributed by atoms with Gasteiger partial charge in [-0.15, -0.1) is 0 Å². The molecule has 0 aromatic heterocycles. The summed E-state index contributed by atoms with van der Waals surface area (Å²) in [7, 11) is 0. The molecule has 0 saturated heterocycles. The normalized spacial score (nSPS) is 31.6. The van der Waals surface area contributed by atoms with Crippen LogP contribution in [0.5, 0.6) is 11.5 Å². The van der Waals surface area contributed by atoms with Gasteiger partial charge in [-0.1, -0.05) is 23.2 Å². The molecule has 1 aliphatic heterocycles. The molecule has 0 unspecified atom stereocenters. The molecule has 1 aliphatic carbocycles. The highest BCUT2D eigenvalue weighted by molar-refractivity contribution is 6.44. The van der Waals surface area contributed by atoms with E-state index in [1.54, 1.807) is 0 Å². The van der Waals surface area contributed by atoms with Crippen LogP contribution in [-0.2, 0) is 11.2 Å². The number of aliphatic hydroxyl groups excluding tert-OH is 2. The minimum atomic E-state index is -1.65. The van der Waals surface area contributed by atoms with Crippen molar-refractivity contribution in [3.05, 3.63) is 33.8 Å². The number of aromatic hydroxyl groups is 1. The van der Waals surface area contributed by atoms with Gasteiger partial charge in [-0.25, -0.2) is 0 Å². The number of hydrogen-bond acceptors (Lipinski definition) is 5. The number of aliphatic hydroxyl groups is 2. The highest BCUT2D eigenvalue weighted by atomic mass is 35.5. The van der Waals surface area contributed by atoms with Crippen LogP contribution in [-0.4, -0.2) is 38.9 Å². The second kappa shape index (κ2) is 4.88. The second-order valence-electron chi connectivity index (χ2n) is 5.19. The summed E-state index contributed by atoms with van der Waals surface area (Å²) in [6, 6.07) is 2.77. The van der Waals surface area contributed by atoms with E-state index in [2.05, 4.69) is 0 Å². The van der Waals surface area contributed by atoms with Gasteiger partial charge in [0, 0.05) is 12.5 Å². The number of Topliss-reactive ketones (excluding diaryl/α,β-unsaturated/α-hetero) is 1. The van der Waals surface area contributed by atoms with Crippen molar-refractivity contribution in [2.75, 3.05) is 0 Å². The van der Waals surface area contributed by atoms with Gasteiger partial charge in [-0.3, -0.25) is 4.79 Å². The number of fused-ring (bicyclic) bond motifs is 1. The van der Waals surface area contributed by atoms with Crippen molar-refractivity contribution in [1.29, 1.82) is 0 Å². The number of rotatable bonds is 0. The zero-order chi connectivity index (χ0) is 15.4. The summed E-state index contributed by atoms with van der Waals surface area (Å²) >= 11 is 11.9. The molecule has 0 bridgehead atoms. The number of ether oxygens (including phenoxy) is 1. The Bertz CT molecular complexity index is 657. The summed E-state index contributed by atoms with van der Waals surface area (Å²) in [5, 5.41) is 29.5. The van der Waals surface area contributed by atoms with Crippen LogP contribution < -0.4 is 4.74 Å². The fourth-order valence-electron chi connectivity index (χ4n) is 2.79. The number of phenolic OH excluding ortho intramolecular Hbond substituents is 1. The maximum atomic E-state index is 12.4. The quantitative estimate of drug-likeness (QED) is 0.671. The van der Waals surface area contributed by atoms with Gasteiger partial charge in [0.05, 0.1) is 10.1 Å². The number of halogens is 2. The highest BCUT2D eigenvalue weighted by Gasteiger charge is 2.55. The van der Waals surface area contributed by atoms with Crippen molar-refractivity contribution in [1.82, 2.24) is 0 Å². The number of carbonyl (C=O) groups excluding carboxylic acids is 1. The lowest BCUT2D eigenvalue weighted by Gasteiger charge is -2.43. The Labute approximate surface area is 130 Å². The van der Waals surface area contributed by atoms with E-state index in [-0.39, 0.29) is 28.0 Å². The highest BCUT2D eigenvalue weighted by Crippen LogP contribution is 2.45. The molecule has 0 radical (unpaired) electrons. The molecule has 5 nitrogen and oxygen atoms in total. The Balaban J connectivity index is 2.09. The topological polar surface area (TPSA) is 87.0 Å². The summed E-state index contributed by atoms with van der Waals surface area (Å²) in [6.07, 6.45) is -1.17. The maximum Gasteiger partial charge on any atom is 0.220 e. The smallest absolute Gasteiger partial charge is 0.220 e. The molecule has 112 valence electrons. The average Bonchev–Trinajstić information content (AvgIpc) is 2.44. The van der Waals surface area contributed by atoms with Crippen molar-refractivity contribution in [2.24, 2.45) is 0 Å². The molecule has 3 rings (SSSR count). The van der Waals surface area contributed by atoms with Crippen molar-refractivity contribution < 1.29 is 24.9 Å². The monoisotopic (exact) mass is 330 g/mol. The van der Waals surface area contributed by atoms with E-state index >= 15 is 0 Å². The van der Waals surface area contributed by atoms with E-state index in [1.807, 2.05) is 0 Å². The van der Waals surface area contributed by atoms with E-state index in [4.69, 9.17) is 27.9 Å². The molecule has 1 aromatic carbocycles. The van der Waals surface area contributed by atoms with E-state index < -0.39 is 23.6 Å². The number of aryl methyl sites for hydroxylation is 1. The van der Waals surface area contributed by atoms with Crippen LogP contribution in [0.1, 0.15) is 12.0 Å². The Kier molecular flexibility index (Phi) is 3.41. The van der Waals surface area contributed by atoms with Crippen LogP contribution in [0.25, 0.3) is 0 Å². The third-order valence-corrected chi connectivity index (χ3v) is 4.45. The average molecular weight is 331 g/mol. The van der Waals surface area contributed by atoms with Crippen molar-refractivity contribution in [2.45, 2.75) is 30.7 Å². The van der Waals surface area contributed by atoms with Gasteiger partial charge in [0.2, 0.25) is 11.4 Å². The van der Waals surface area contributed by atoms with E-state index in [9.17, 15) is 20.1 Å². The number of benzene rings is 1. The van der Waals surface area contributed by atoms with Crippen LogP contribution >= 0.6 is 23.2 Å². The lowest BCUT2D eigenvalue weighted by molar-refractivity contribution is -0.154.